The molecule has 0 unspecified atom stereocenters. The molecule has 8 heteroatoms. The molecular formula is C17H12Cl2N4O2. The lowest BCUT2D eigenvalue weighted by Crippen LogP contribution is -2.48. The standard InChI is InChI=1S/C17H12Cl2N4O2/c18-12-1-2-14(19)13(7-12)17(24)23-8-11(9-23)16-21-15(22-25-16)10-3-5-20-6-4-10/h1-7,11H,8-9H2. The van der Waals surface area contributed by atoms with Crippen molar-refractivity contribution < 1.29 is 9.32 Å². The number of carbonyl (C=O) groups is 1. The molecule has 6 nitrogen and oxygen atoms in total. The molecule has 3 heterocycles. The fraction of sp³-hybridized carbons (Fsp3) is 0.176. The summed E-state index contributed by atoms with van der Waals surface area (Å²) in [6.45, 7) is 0.999. The number of carbonyl (C=O) groups excluding carboxylic acids is 1. The minimum absolute atomic E-state index is 0.0185. The molecule has 0 saturated carbocycles. The van der Waals surface area contributed by atoms with E-state index in [0.717, 1.165) is 5.56 Å². The summed E-state index contributed by atoms with van der Waals surface area (Å²) in [5.41, 5.74) is 1.23. The lowest BCUT2D eigenvalue weighted by atomic mass is 9.98. The van der Waals surface area contributed by atoms with Crippen molar-refractivity contribution in [2.75, 3.05) is 13.1 Å². The minimum Gasteiger partial charge on any atom is -0.339 e. The van der Waals surface area contributed by atoms with Crippen molar-refractivity contribution in [3.63, 3.8) is 0 Å². The van der Waals surface area contributed by atoms with Gasteiger partial charge in [-0.2, -0.15) is 4.98 Å². The van der Waals surface area contributed by atoms with Gasteiger partial charge in [-0.3, -0.25) is 9.78 Å². The maximum absolute atomic E-state index is 12.5. The van der Waals surface area contributed by atoms with Gasteiger partial charge in [0, 0.05) is 36.1 Å². The summed E-state index contributed by atoms with van der Waals surface area (Å²) >= 11 is 12.0. The Labute approximate surface area is 153 Å². The summed E-state index contributed by atoms with van der Waals surface area (Å²) in [6.07, 6.45) is 3.34. The molecule has 0 atom stereocenters. The number of halogens is 2. The summed E-state index contributed by atoms with van der Waals surface area (Å²) in [4.78, 5) is 22.6. The predicted octanol–water partition coefficient (Wildman–Crippen LogP) is 3.68. The Balaban J connectivity index is 1.45. The zero-order chi connectivity index (χ0) is 17.4. The second-order valence-corrected chi connectivity index (χ2v) is 6.57. The molecule has 0 N–H and O–H groups in total. The molecule has 1 amide bonds. The smallest absolute Gasteiger partial charge is 0.255 e. The van der Waals surface area contributed by atoms with Crippen LogP contribution >= 0.6 is 23.2 Å². The first kappa shape index (κ1) is 16.1. The Bertz CT molecular complexity index is 923. The number of hydrogen-bond acceptors (Lipinski definition) is 5. The molecule has 1 saturated heterocycles. The largest absolute Gasteiger partial charge is 0.339 e. The van der Waals surface area contributed by atoms with Crippen LogP contribution in [-0.2, 0) is 0 Å². The number of pyridine rings is 1. The number of likely N-dealkylation sites (tertiary alicyclic amines) is 1. The molecule has 4 rings (SSSR count). The van der Waals surface area contributed by atoms with Crippen molar-refractivity contribution in [1.29, 1.82) is 0 Å². The second-order valence-electron chi connectivity index (χ2n) is 5.72. The van der Waals surface area contributed by atoms with E-state index < -0.39 is 0 Å². The third-order valence-corrected chi connectivity index (χ3v) is 4.62. The highest BCUT2D eigenvalue weighted by Gasteiger charge is 2.36. The van der Waals surface area contributed by atoms with Gasteiger partial charge in [0.1, 0.15) is 0 Å². The van der Waals surface area contributed by atoms with Crippen LogP contribution in [0.25, 0.3) is 11.4 Å². The molecule has 1 fully saturated rings. The lowest BCUT2D eigenvalue weighted by Gasteiger charge is -2.37. The van der Waals surface area contributed by atoms with Crippen LogP contribution in [0.15, 0.2) is 47.2 Å². The summed E-state index contributed by atoms with van der Waals surface area (Å²) in [5, 5.41) is 4.85. The summed E-state index contributed by atoms with van der Waals surface area (Å²) in [6, 6.07) is 8.47. The molecule has 1 aromatic carbocycles. The monoisotopic (exact) mass is 374 g/mol. The van der Waals surface area contributed by atoms with E-state index in [9.17, 15) is 4.79 Å². The Morgan fingerprint density at radius 2 is 1.92 bits per heavy atom. The van der Waals surface area contributed by atoms with E-state index in [1.807, 2.05) is 12.1 Å². The zero-order valence-corrected chi connectivity index (χ0v) is 14.4. The molecule has 25 heavy (non-hydrogen) atoms. The lowest BCUT2D eigenvalue weighted by molar-refractivity contribution is 0.0569. The molecule has 1 aliphatic heterocycles. The van der Waals surface area contributed by atoms with E-state index in [1.165, 1.54) is 0 Å². The number of aromatic nitrogens is 3. The van der Waals surface area contributed by atoms with Crippen LogP contribution in [0.3, 0.4) is 0 Å². The molecule has 0 spiro atoms. The van der Waals surface area contributed by atoms with Crippen LogP contribution in [-0.4, -0.2) is 39.0 Å². The topological polar surface area (TPSA) is 72.1 Å². The highest BCUT2D eigenvalue weighted by Crippen LogP contribution is 2.30. The van der Waals surface area contributed by atoms with Crippen molar-refractivity contribution in [1.82, 2.24) is 20.0 Å². The fourth-order valence-electron chi connectivity index (χ4n) is 2.65. The maximum Gasteiger partial charge on any atom is 0.255 e. The van der Waals surface area contributed by atoms with Crippen LogP contribution in [0.2, 0.25) is 10.0 Å². The Kier molecular flexibility index (Phi) is 4.15. The fourth-order valence-corrected chi connectivity index (χ4v) is 3.02. The van der Waals surface area contributed by atoms with Gasteiger partial charge in [0.05, 0.1) is 16.5 Å². The molecule has 126 valence electrons. The first-order chi connectivity index (χ1) is 12.1. The third-order valence-electron chi connectivity index (χ3n) is 4.06. The van der Waals surface area contributed by atoms with Gasteiger partial charge in [0.25, 0.3) is 5.91 Å². The van der Waals surface area contributed by atoms with E-state index in [-0.39, 0.29) is 11.8 Å². The third kappa shape index (κ3) is 3.10. The average Bonchev–Trinajstić information content (AvgIpc) is 3.06. The van der Waals surface area contributed by atoms with Crippen LogP contribution < -0.4 is 0 Å². The molecule has 1 aliphatic rings. The van der Waals surface area contributed by atoms with Crippen molar-refractivity contribution in [2.24, 2.45) is 0 Å². The van der Waals surface area contributed by atoms with Gasteiger partial charge >= 0.3 is 0 Å². The van der Waals surface area contributed by atoms with E-state index in [4.69, 9.17) is 27.7 Å². The molecule has 0 bridgehead atoms. The molecule has 0 aliphatic carbocycles. The summed E-state index contributed by atoms with van der Waals surface area (Å²) < 4.78 is 5.33. The number of nitrogens with zero attached hydrogens (tertiary/aromatic N) is 4. The quantitative estimate of drug-likeness (QED) is 0.698. The van der Waals surface area contributed by atoms with E-state index in [1.54, 1.807) is 35.5 Å². The first-order valence-corrected chi connectivity index (χ1v) is 8.36. The molecular weight excluding hydrogens is 363 g/mol. The maximum atomic E-state index is 12.5. The first-order valence-electron chi connectivity index (χ1n) is 7.60. The summed E-state index contributed by atoms with van der Waals surface area (Å²) in [5.74, 6) is 0.899. The van der Waals surface area contributed by atoms with Gasteiger partial charge in [-0.05, 0) is 30.3 Å². The highest BCUT2D eigenvalue weighted by atomic mass is 35.5. The van der Waals surface area contributed by atoms with Crippen LogP contribution in [0, 0.1) is 0 Å². The van der Waals surface area contributed by atoms with Gasteiger partial charge in [0.2, 0.25) is 11.7 Å². The molecule has 2 aromatic heterocycles. The van der Waals surface area contributed by atoms with Crippen LogP contribution in [0.1, 0.15) is 22.2 Å². The van der Waals surface area contributed by atoms with Gasteiger partial charge in [0.15, 0.2) is 0 Å². The molecule has 0 radical (unpaired) electrons. The number of hydrogen-bond donors (Lipinski definition) is 0. The Hall–Kier alpha value is -2.44. The highest BCUT2D eigenvalue weighted by molar-refractivity contribution is 6.35. The van der Waals surface area contributed by atoms with Gasteiger partial charge < -0.3 is 9.42 Å². The summed E-state index contributed by atoms with van der Waals surface area (Å²) in [7, 11) is 0. The predicted molar refractivity (Wildman–Crippen MR) is 92.6 cm³/mol. The van der Waals surface area contributed by atoms with E-state index in [0.29, 0.717) is 40.4 Å². The van der Waals surface area contributed by atoms with Crippen molar-refractivity contribution in [3.05, 3.63) is 64.2 Å². The average molecular weight is 375 g/mol. The number of benzene rings is 1. The van der Waals surface area contributed by atoms with Crippen LogP contribution in [0.5, 0.6) is 0 Å². The van der Waals surface area contributed by atoms with Crippen LogP contribution in [0.4, 0.5) is 0 Å². The van der Waals surface area contributed by atoms with Gasteiger partial charge in [-0.15, -0.1) is 0 Å². The minimum atomic E-state index is -0.155. The Morgan fingerprint density at radius 1 is 1.16 bits per heavy atom. The van der Waals surface area contributed by atoms with E-state index in [2.05, 4.69) is 15.1 Å². The van der Waals surface area contributed by atoms with Gasteiger partial charge in [-0.1, -0.05) is 28.4 Å². The van der Waals surface area contributed by atoms with Crippen molar-refractivity contribution >= 4 is 29.1 Å². The SMILES string of the molecule is O=C(c1cc(Cl)ccc1Cl)N1CC(c2nc(-c3ccncc3)no2)C1. The number of amides is 1. The zero-order valence-electron chi connectivity index (χ0n) is 12.9. The van der Waals surface area contributed by atoms with E-state index >= 15 is 0 Å². The Morgan fingerprint density at radius 3 is 2.68 bits per heavy atom. The van der Waals surface area contributed by atoms with Gasteiger partial charge in [-0.25, -0.2) is 0 Å². The molecule has 3 aromatic rings. The van der Waals surface area contributed by atoms with Crippen molar-refractivity contribution in [3.8, 4) is 11.4 Å². The van der Waals surface area contributed by atoms with Crippen molar-refractivity contribution in [2.45, 2.75) is 5.92 Å². The second kappa shape index (κ2) is 6.46. The normalized spacial score (nSPS) is 14.4. The number of rotatable bonds is 3.